The van der Waals surface area contributed by atoms with E-state index in [4.69, 9.17) is 11.6 Å². The first-order valence-corrected chi connectivity index (χ1v) is 6.67. The lowest BCUT2D eigenvalue weighted by atomic mass is 10.1. The van der Waals surface area contributed by atoms with E-state index in [1.54, 1.807) is 6.07 Å². The second-order valence-corrected chi connectivity index (χ2v) is 5.22. The average molecular weight is 271 g/mol. The molecule has 0 saturated carbocycles. The van der Waals surface area contributed by atoms with Crippen molar-refractivity contribution in [2.24, 2.45) is 0 Å². The number of nitrogens with one attached hydrogen (secondary N) is 1. The van der Waals surface area contributed by atoms with Gasteiger partial charge in [0.15, 0.2) is 5.15 Å². The summed E-state index contributed by atoms with van der Waals surface area (Å²) < 4.78 is 0. The quantitative estimate of drug-likeness (QED) is 0.866. The largest absolute Gasteiger partial charge is 0.392 e. The van der Waals surface area contributed by atoms with Crippen LogP contribution in [0.1, 0.15) is 19.8 Å². The van der Waals surface area contributed by atoms with Gasteiger partial charge in [-0.2, -0.15) is 0 Å². The molecule has 100 valence electrons. The first kappa shape index (κ1) is 13.5. The van der Waals surface area contributed by atoms with Crippen LogP contribution in [-0.4, -0.2) is 52.0 Å². The zero-order valence-electron chi connectivity index (χ0n) is 10.5. The van der Waals surface area contributed by atoms with Crippen molar-refractivity contribution in [3.05, 3.63) is 17.3 Å². The van der Waals surface area contributed by atoms with Crippen LogP contribution in [0.15, 0.2) is 12.1 Å². The number of nitrogens with zero attached hydrogens (tertiary/aromatic N) is 3. The molecule has 0 aliphatic carbocycles. The van der Waals surface area contributed by atoms with Crippen molar-refractivity contribution in [2.75, 3.05) is 25.0 Å². The highest BCUT2D eigenvalue weighted by Crippen LogP contribution is 2.15. The Kier molecular flexibility index (Phi) is 4.74. The summed E-state index contributed by atoms with van der Waals surface area (Å²) in [5.74, 6) is 0.753. The third-order valence-electron chi connectivity index (χ3n) is 3.01. The summed E-state index contributed by atoms with van der Waals surface area (Å²) in [5.41, 5.74) is 0. The summed E-state index contributed by atoms with van der Waals surface area (Å²) in [6, 6.07) is 3.92. The Labute approximate surface area is 112 Å². The number of aliphatic hydroxyl groups excluding tert-OH is 1. The van der Waals surface area contributed by atoms with Crippen molar-refractivity contribution in [3.63, 3.8) is 0 Å². The molecule has 1 saturated heterocycles. The van der Waals surface area contributed by atoms with Gasteiger partial charge in [0, 0.05) is 19.1 Å². The Bertz CT molecular complexity index is 371. The molecule has 0 aromatic carbocycles. The van der Waals surface area contributed by atoms with Crippen LogP contribution in [0.2, 0.25) is 5.15 Å². The molecule has 1 fully saturated rings. The Hall–Kier alpha value is -0.910. The number of rotatable bonds is 4. The summed E-state index contributed by atoms with van der Waals surface area (Å²) >= 11 is 5.70. The topological polar surface area (TPSA) is 61.3 Å². The zero-order valence-corrected chi connectivity index (χ0v) is 11.3. The monoisotopic (exact) mass is 270 g/mol. The van der Waals surface area contributed by atoms with Crippen molar-refractivity contribution >= 4 is 17.4 Å². The lowest BCUT2D eigenvalue weighted by Gasteiger charge is -2.33. The number of aliphatic hydroxyl groups is 1. The van der Waals surface area contributed by atoms with Crippen molar-refractivity contribution in [1.29, 1.82) is 0 Å². The van der Waals surface area contributed by atoms with E-state index in [0.717, 1.165) is 38.3 Å². The van der Waals surface area contributed by atoms with Gasteiger partial charge in [-0.15, -0.1) is 10.2 Å². The van der Waals surface area contributed by atoms with Crippen LogP contribution < -0.4 is 5.32 Å². The van der Waals surface area contributed by atoms with Crippen LogP contribution in [-0.2, 0) is 0 Å². The van der Waals surface area contributed by atoms with E-state index >= 15 is 0 Å². The molecule has 1 aliphatic rings. The van der Waals surface area contributed by atoms with Crippen molar-refractivity contribution in [1.82, 2.24) is 15.1 Å². The molecular weight excluding hydrogens is 252 g/mol. The van der Waals surface area contributed by atoms with Crippen molar-refractivity contribution in [2.45, 2.75) is 31.9 Å². The van der Waals surface area contributed by atoms with Gasteiger partial charge in [0.05, 0.1) is 6.10 Å². The fourth-order valence-electron chi connectivity index (χ4n) is 2.31. The minimum Gasteiger partial charge on any atom is -0.392 e. The maximum absolute atomic E-state index is 9.41. The summed E-state index contributed by atoms with van der Waals surface area (Å²) in [6.07, 6.45) is 1.96. The number of hydrogen-bond donors (Lipinski definition) is 2. The van der Waals surface area contributed by atoms with E-state index in [2.05, 4.69) is 20.4 Å². The van der Waals surface area contributed by atoms with Crippen LogP contribution >= 0.6 is 11.6 Å². The lowest BCUT2D eigenvalue weighted by Crippen LogP contribution is -2.44. The average Bonchev–Trinajstić information content (AvgIpc) is 2.32. The molecule has 2 N–H and O–H groups in total. The molecule has 6 heteroatoms. The Morgan fingerprint density at radius 2 is 2.39 bits per heavy atom. The normalized spacial score (nSPS) is 22.7. The number of anilines is 1. The molecule has 2 unspecified atom stereocenters. The summed E-state index contributed by atoms with van der Waals surface area (Å²) in [5, 5.41) is 21.0. The molecule has 18 heavy (non-hydrogen) atoms. The van der Waals surface area contributed by atoms with Crippen molar-refractivity contribution in [3.8, 4) is 0 Å². The Morgan fingerprint density at radius 3 is 3.06 bits per heavy atom. The van der Waals surface area contributed by atoms with Gasteiger partial charge in [-0.1, -0.05) is 11.6 Å². The third kappa shape index (κ3) is 4.08. The van der Waals surface area contributed by atoms with Gasteiger partial charge >= 0.3 is 0 Å². The summed E-state index contributed by atoms with van der Waals surface area (Å²) in [6.45, 7) is 4.52. The number of β-amino-alcohol motifs (C(OH)–C–C–N with tert-alkyl or cyclic N) is 1. The third-order valence-corrected chi connectivity index (χ3v) is 3.21. The second-order valence-electron chi connectivity index (χ2n) is 4.83. The smallest absolute Gasteiger partial charge is 0.151 e. The number of aromatic nitrogens is 2. The van der Waals surface area contributed by atoms with E-state index in [0.29, 0.717) is 11.2 Å². The van der Waals surface area contributed by atoms with Crippen LogP contribution in [0.5, 0.6) is 0 Å². The molecule has 0 spiro atoms. The van der Waals surface area contributed by atoms with Crippen molar-refractivity contribution < 1.29 is 5.11 Å². The van der Waals surface area contributed by atoms with Gasteiger partial charge in [-0.25, -0.2) is 0 Å². The number of likely N-dealkylation sites (tertiary alicyclic amines) is 1. The van der Waals surface area contributed by atoms with Gasteiger partial charge < -0.3 is 10.4 Å². The highest BCUT2D eigenvalue weighted by Gasteiger charge is 2.20. The van der Waals surface area contributed by atoms with Gasteiger partial charge in [0.2, 0.25) is 0 Å². The number of halogens is 1. The number of piperidine rings is 1. The molecular formula is C12H19ClN4O. The molecule has 0 amide bonds. The maximum Gasteiger partial charge on any atom is 0.151 e. The van der Waals surface area contributed by atoms with Gasteiger partial charge in [0.1, 0.15) is 5.82 Å². The maximum atomic E-state index is 9.41. The fraction of sp³-hybridized carbons (Fsp3) is 0.667. The van der Waals surface area contributed by atoms with E-state index < -0.39 is 0 Å². The van der Waals surface area contributed by atoms with Gasteiger partial charge in [0.25, 0.3) is 0 Å². The predicted octanol–water partition coefficient (Wildman–Crippen LogP) is 1.39. The van der Waals surface area contributed by atoms with Gasteiger partial charge in [-0.05, 0) is 38.4 Å². The molecule has 2 atom stereocenters. The van der Waals surface area contributed by atoms with Crippen LogP contribution in [0.3, 0.4) is 0 Å². The molecule has 5 nitrogen and oxygen atoms in total. The fourth-order valence-corrected chi connectivity index (χ4v) is 2.42. The zero-order chi connectivity index (χ0) is 13.0. The van der Waals surface area contributed by atoms with Crippen LogP contribution in [0.25, 0.3) is 0 Å². The van der Waals surface area contributed by atoms with Crippen LogP contribution in [0.4, 0.5) is 5.82 Å². The SMILES string of the molecule is CC(O)CN1CCCC(Nc2ccc(Cl)nn2)C1. The molecule has 1 aromatic heterocycles. The van der Waals surface area contributed by atoms with Gasteiger partial charge in [-0.3, -0.25) is 4.90 Å². The molecule has 0 radical (unpaired) electrons. The molecule has 2 rings (SSSR count). The summed E-state index contributed by atoms with van der Waals surface area (Å²) in [4.78, 5) is 2.27. The molecule has 1 aliphatic heterocycles. The molecule has 1 aromatic rings. The minimum atomic E-state index is -0.279. The van der Waals surface area contributed by atoms with E-state index in [9.17, 15) is 5.11 Å². The standard InChI is InChI=1S/C12H19ClN4O/c1-9(18)7-17-6-2-3-10(8-17)14-12-5-4-11(13)15-16-12/h4-5,9-10,18H,2-3,6-8H2,1H3,(H,14,16). The highest BCUT2D eigenvalue weighted by molar-refractivity contribution is 6.29. The first-order valence-electron chi connectivity index (χ1n) is 6.29. The predicted molar refractivity (Wildman–Crippen MR) is 71.8 cm³/mol. The Morgan fingerprint density at radius 1 is 1.56 bits per heavy atom. The summed E-state index contributed by atoms with van der Waals surface area (Å²) in [7, 11) is 0. The highest BCUT2D eigenvalue weighted by atomic mass is 35.5. The van der Waals surface area contributed by atoms with E-state index in [1.807, 2.05) is 13.0 Å². The van der Waals surface area contributed by atoms with Crippen LogP contribution in [0, 0.1) is 0 Å². The lowest BCUT2D eigenvalue weighted by molar-refractivity contribution is 0.110. The molecule has 2 heterocycles. The Balaban J connectivity index is 1.87. The molecule has 0 bridgehead atoms. The first-order chi connectivity index (χ1) is 8.63. The number of hydrogen-bond acceptors (Lipinski definition) is 5. The van der Waals surface area contributed by atoms with E-state index in [1.165, 1.54) is 0 Å². The second kappa shape index (κ2) is 6.31. The minimum absolute atomic E-state index is 0.279. The van der Waals surface area contributed by atoms with E-state index in [-0.39, 0.29) is 6.10 Å².